The lowest BCUT2D eigenvalue weighted by atomic mass is 10.1. The quantitative estimate of drug-likeness (QED) is 0.644. The van der Waals surface area contributed by atoms with E-state index in [0.29, 0.717) is 16.8 Å². The Labute approximate surface area is 165 Å². The van der Waals surface area contributed by atoms with Crippen LogP contribution in [-0.4, -0.2) is 25.2 Å². The van der Waals surface area contributed by atoms with Crippen LogP contribution in [0.4, 0.5) is 10.1 Å². The van der Waals surface area contributed by atoms with Crippen LogP contribution in [0.15, 0.2) is 36.5 Å². The number of fused-ring (bicyclic) bond motifs is 1. The molecule has 0 saturated heterocycles. The van der Waals surface area contributed by atoms with E-state index in [-0.39, 0.29) is 28.2 Å². The van der Waals surface area contributed by atoms with Crippen LogP contribution in [0, 0.1) is 17.1 Å². The summed E-state index contributed by atoms with van der Waals surface area (Å²) in [6, 6.07) is 9.69. The molecule has 3 aromatic rings. The molecule has 0 unspecified atom stereocenters. The molecule has 142 valence electrons. The van der Waals surface area contributed by atoms with E-state index >= 15 is 0 Å². The fourth-order valence-corrected chi connectivity index (χ4v) is 3.07. The summed E-state index contributed by atoms with van der Waals surface area (Å²) in [5, 5.41) is 13.1. The number of anilines is 1. The predicted molar refractivity (Wildman–Crippen MR) is 103 cm³/mol. The molecule has 2 aromatic carbocycles. The van der Waals surface area contributed by atoms with E-state index < -0.39 is 11.8 Å². The summed E-state index contributed by atoms with van der Waals surface area (Å²) in [6.45, 7) is 0.245. The summed E-state index contributed by atoms with van der Waals surface area (Å²) in [7, 11) is 2.74. The highest BCUT2D eigenvalue weighted by atomic mass is 35.5. The van der Waals surface area contributed by atoms with E-state index in [1.165, 1.54) is 32.5 Å². The molecule has 28 heavy (non-hydrogen) atoms. The number of carbonyl (C=O) groups is 1. The van der Waals surface area contributed by atoms with Crippen LogP contribution in [0.2, 0.25) is 5.02 Å². The lowest BCUT2D eigenvalue weighted by Crippen LogP contribution is -2.08. The second kappa shape index (κ2) is 8.11. The van der Waals surface area contributed by atoms with Gasteiger partial charge in [-0.15, -0.1) is 0 Å². The summed E-state index contributed by atoms with van der Waals surface area (Å²) >= 11 is 6.24. The van der Waals surface area contributed by atoms with Crippen molar-refractivity contribution in [1.82, 2.24) is 4.98 Å². The highest BCUT2D eigenvalue weighted by Crippen LogP contribution is 2.33. The highest BCUT2D eigenvalue weighted by Gasteiger charge is 2.16. The van der Waals surface area contributed by atoms with E-state index in [0.717, 1.165) is 5.56 Å². The van der Waals surface area contributed by atoms with Crippen molar-refractivity contribution in [3.63, 3.8) is 0 Å². The maximum absolute atomic E-state index is 14.1. The van der Waals surface area contributed by atoms with Crippen molar-refractivity contribution < 1.29 is 18.7 Å². The molecule has 8 heteroatoms. The van der Waals surface area contributed by atoms with E-state index in [2.05, 4.69) is 10.3 Å². The molecule has 1 N–H and O–H groups in total. The second-order valence-electron chi connectivity index (χ2n) is 5.79. The molecule has 1 heterocycles. The van der Waals surface area contributed by atoms with Gasteiger partial charge in [-0.05, 0) is 29.8 Å². The smallest absolute Gasteiger partial charge is 0.341 e. The van der Waals surface area contributed by atoms with Gasteiger partial charge < -0.3 is 14.8 Å². The minimum atomic E-state index is -0.538. The third-order valence-corrected chi connectivity index (χ3v) is 4.49. The number of ether oxygens (including phenoxy) is 2. The number of benzene rings is 2. The molecule has 0 radical (unpaired) electrons. The molecule has 0 atom stereocenters. The minimum Gasteiger partial charge on any atom is -0.496 e. The number of aromatic nitrogens is 1. The number of esters is 1. The topological polar surface area (TPSA) is 84.2 Å². The third kappa shape index (κ3) is 3.55. The van der Waals surface area contributed by atoms with Crippen LogP contribution in [0.25, 0.3) is 10.9 Å². The van der Waals surface area contributed by atoms with Crippen LogP contribution in [-0.2, 0) is 11.3 Å². The van der Waals surface area contributed by atoms with Crippen molar-refractivity contribution in [1.29, 1.82) is 5.26 Å². The zero-order valence-electron chi connectivity index (χ0n) is 15.0. The Morgan fingerprint density at radius 1 is 1.32 bits per heavy atom. The van der Waals surface area contributed by atoms with Crippen molar-refractivity contribution in [2.24, 2.45) is 0 Å². The van der Waals surface area contributed by atoms with E-state index in [1.54, 1.807) is 18.2 Å². The van der Waals surface area contributed by atoms with Gasteiger partial charge in [0.05, 0.1) is 30.5 Å². The molecule has 0 saturated carbocycles. The number of methoxy groups -OCH3 is 2. The Morgan fingerprint density at radius 2 is 2.11 bits per heavy atom. The maximum atomic E-state index is 14.1. The van der Waals surface area contributed by atoms with Gasteiger partial charge in [-0.25, -0.2) is 9.18 Å². The molecular weight excluding hydrogens is 385 g/mol. The van der Waals surface area contributed by atoms with E-state index in [4.69, 9.17) is 21.1 Å². The SMILES string of the molecule is COC(=O)c1cc(CNc2c(C#N)cnc3c(F)ccc(Cl)c23)ccc1OC. The molecule has 0 aliphatic heterocycles. The first-order valence-electron chi connectivity index (χ1n) is 8.16. The number of nitrogens with one attached hydrogen (secondary N) is 1. The largest absolute Gasteiger partial charge is 0.496 e. The molecular formula is C20H15ClFN3O3. The van der Waals surface area contributed by atoms with Crippen molar-refractivity contribution >= 4 is 34.2 Å². The lowest BCUT2D eigenvalue weighted by molar-refractivity contribution is 0.0597. The van der Waals surface area contributed by atoms with Gasteiger partial charge in [-0.2, -0.15) is 5.26 Å². The predicted octanol–water partition coefficient (Wildman–Crippen LogP) is 4.31. The minimum absolute atomic E-state index is 0.0685. The molecule has 1 aromatic heterocycles. The molecule has 3 rings (SSSR count). The normalized spacial score (nSPS) is 10.4. The van der Waals surface area contributed by atoms with Crippen LogP contribution in [0.1, 0.15) is 21.5 Å². The molecule has 0 spiro atoms. The Bertz CT molecular complexity index is 1110. The first-order chi connectivity index (χ1) is 13.5. The zero-order valence-corrected chi connectivity index (χ0v) is 15.8. The van der Waals surface area contributed by atoms with Crippen LogP contribution in [0.5, 0.6) is 5.75 Å². The van der Waals surface area contributed by atoms with Crippen molar-refractivity contribution in [3.05, 3.63) is 64.1 Å². The lowest BCUT2D eigenvalue weighted by Gasteiger charge is -2.14. The summed E-state index contributed by atoms with van der Waals surface area (Å²) in [6.07, 6.45) is 1.29. The van der Waals surface area contributed by atoms with Crippen molar-refractivity contribution in [2.45, 2.75) is 6.54 Å². The third-order valence-electron chi connectivity index (χ3n) is 4.18. The zero-order chi connectivity index (χ0) is 20.3. The van der Waals surface area contributed by atoms with Gasteiger partial charge in [0.1, 0.15) is 28.7 Å². The molecule has 0 aliphatic rings. The number of halogens is 2. The molecule has 0 bridgehead atoms. The average Bonchev–Trinajstić information content (AvgIpc) is 2.73. The maximum Gasteiger partial charge on any atom is 0.341 e. The second-order valence-corrected chi connectivity index (χ2v) is 6.20. The van der Waals surface area contributed by atoms with Gasteiger partial charge in [0.25, 0.3) is 0 Å². The Morgan fingerprint density at radius 3 is 2.79 bits per heavy atom. The van der Waals surface area contributed by atoms with Crippen molar-refractivity contribution in [3.8, 4) is 11.8 Å². The Hall–Kier alpha value is -3.37. The molecule has 0 fully saturated rings. The van der Waals surface area contributed by atoms with Crippen LogP contribution in [0.3, 0.4) is 0 Å². The van der Waals surface area contributed by atoms with Crippen molar-refractivity contribution in [2.75, 3.05) is 19.5 Å². The van der Waals surface area contributed by atoms with E-state index in [9.17, 15) is 14.4 Å². The monoisotopic (exact) mass is 399 g/mol. The molecule has 0 amide bonds. The van der Waals surface area contributed by atoms with Gasteiger partial charge in [-0.3, -0.25) is 4.98 Å². The van der Waals surface area contributed by atoms with Gasteiger partial charge in [0.15, 0.2) is 0 Å². The van der Waals surface area contributed by atoms with Gasteiger partial charge in [0, 0.05) is 18.1 Å². The first kappa shape index (κ1) is 19.4. The number of pyridine rings is 1. The highest BCUT2D eigenvalue weighted by molar-refractivity contribution is 6.36. The molecule has 6 nitrogen and oxygen atoms in total. The molecule has 0 aliphatic carbocycles. The Balaban J connectivity index is 2.02. The number of hydrogen-bond acceptors (Lipinski definition) is 6. The number of nitrogens with zero attached hydrogens (tertiary/aromatic N) is 2. The summed E-state index contributed by atoms with van der Waals surface area (Å²) in [5.74, 6) is -0.687. The fraction of sp³-hybridized carbons (Fsp3) is 0.150. The van der Waals surface area contributed by atoms with Crippen LogP contribution < -0.4 is 10.1 Å². The number of hydrogen-bond donors (Lipinski definition) is 1. The summed E-state index contributed by atoms with van der Waals surface area (Å²) in [5.41, 5.74) is 1.66. The summed E-state index contributed by atoms with van der Waals surface area (Å²) in [4.78, 5) is 15.9. The van der Waals surface area contributed by atoms with Gasteiger partial charge >= 0.3 is 5.97 Å². The Kier molecular flexibility index (Phi) is 5.62. The standard InChI is InChI=1S/C20H15ClFN3O3/c1-27-16-6-3-11(7-13(16)20(26)28-2)9-24-18-12(8-23)10-25-19-15(22)5-4-14(21)17(18)19/h3-7,10H,9H2,1-2H3,(H,24,25). The van der Waals surface area contributed by atoms with Gasteiger partial charge in [-0.1, -0.05) is 17.7 Å². The average molecular weight is 400 g/mol. The number of nitriles is 1. The van der Waals surface area contributed by atoms with Gasteiger partial charge in [0.2, 0.25) is 0 Å². The number of rotatable bonds is 5. The summed E-state index contributed by atoms with van der Waals surface area (Å²) < 4.78 is 24.1. The van der Waals surface area contributed by atoms with Crippen LogP contribution >= 0.6 is 11.6 Å². The first-order valence-corrected chi connectivity index (χ1v) is 8.53. The number of carbonyl (C=O) groups excluding carboxylic acids is 1. The fourth-order valence-electron chi connectivity index (χ4n) is 2.83. The van der Waals surface area contributed by atoms with E-state index in [1.807, 2.05) is 6.07 Å².